The van der Waals surface area contributed by atoms with Gasteiger partial charge in [0.2, 0.25) is 0 Å². The summed E-state index contributed by atoms with van der Waals surface area (Å²) < 4.78 is 0. The van der Waals surface area contributed by atoms with Crippen LogP contribution < -0.4 is 0 Å². The fraction of sp³-hybridized carbons (Fsp3) is 0.769. The minimum Gasteiger partial charge on any atom is -0.299 e. The Morgan fingerprint density at radius 2 is 1.64 bits per heavy atom. The normalized spacial score (nSPS) is 19.8. The lowest BCUT2D eigenvalue weighted by molar-refractivity contribution is -0.122. The number of allylic oxidation sites excluding steroid dienone is 1. The molecule has 0 saturated heterocycles. The highest BCUT2D eigenvalue weighted by atomic mass is 16.1. The Morgan fingerprint density at radius 1 is 1.14 bits per heavy atom. The second-order valence-corrected chi connectivity index (χ2v) is 4.64. The molecule has 1 rings (SSSR count). The van der Waals surface area contributed by atoms with Crippen molar-refractivity contribution >= 4 is 5.78 Å². The van der Waals surface area contributed by atoms with Gasteiger partial charge in [-0.2, -0.15) is 0 Å². The maximum Gasteiger partial charge on any atom is 0.139 e. The number of Topliss-reactive ketones (excluding diaryl/α,β-unsaturated/α-hetero) is 1. The second-order valence-electron chi connectivity index (χ2n) is 4.64. The van der Waals surface area contributed by atoms with Gasteiger partial charge in [0, 0.05) is 12.3 Å². The molecule has 1 nitrogen and oxygen atoms in total. The van der Waals surface area contributed by atoms with E-state index in [0.717, 1.165) is 18.4 Å². The van der Waals surface area contributed by atoms with Crippen LogP contribution in [-0.2, 0) is 4.79 Å². The first-order chi connectivity index (χ1) is 6.70. The maximum absolute atomic E-state index is 11.8. The Labute approximate surface area is 87.6 Å². The molecule has 1 heteroatoms. The summed E-state index contributed by atoms with van der Waals surface area (Å²) in [4.78, 5) is 11.8. The summed E-state index contributed by atoms with van der Waals surface area (Å²) in [7, 11) is 0. The number of carbonyl (C=O) groups is 1. The summed E-state index contributed by atoms with van der Waals surface area (Å²) in [6, 6.07) is 0. The summed E-state index contributed by atoms with van der Waals surface area (Å²) in [6.45, 7) is 5.76. The molecule has 1 saturated carbocycles. The van der Waals surface area contributed by atoms with Gasteiger partial charge in [-0.1, -0.05) is 44.3 Å². The molecule has 0 radical (unpaired) electrons. The van der Waals surface area contributed by atoms with Gasteiger partial charge in [0.15, 0.2) is 0 Å². The average molecular weight is 194 g/mol. The third-order valence-corrected chi connectivity index (χ3v) is 3.04. The van der Waals surface area contributed by atoms with Crippen LogP contribution in [0.1, 0.15) is 58.3 Å². The smallest absolute Gasteiger partial charge is 0.139 e. The van der Waals surface area contributed by atoms with Crippen LogP contribution >= 0.6 is 0 Å². The van der Waals surface area contributed by atoms with Crippen molar-refractivity contribution in [3.8, 4) is 0 Å². The van der Waals surface area contributed by atoms with Crippen LogP contribution in [0.5, 0.6) is 0 Å². The van der Waals surface area contributed by atoms with Gasteiger partial charge in [-0.15, -0.1) is 0 Å². The van der Waals surface area contributed by atoms with Crippen LogP contribution in [0.15, 0.2) is 12.2 Å². The first-order valence-electron chi connectivity index (χ1n) is 5.87. The van der Waals surface area contributed by atoms with Crippen LogP contribution in [0.25, 0.3) is 0 Å². The van der Waals surface area contributed by atoms with E-state index in [1.165, 1.54) is 32.1 Å². The van der Waals surface area contributed by atoms with E-state index in [-0.39, 0.29) is 0 Å². The molecular weight excluding hydrogens is 172 g/mol. The minimum atomic E-state index is 0.340. The highest BCUT2D eigenvalue weighted by molar-refractivity contribution is 5.82. The monoisotopic (exact) mass is 194 g/mol. The van der Waals surface area contributed by atoms with Crippen molar-refractivity contribution in [3.63, 3.8) is 0 Å². The molecule has 0 spiro atoms. The highest BCUT2D eigenvalue weighted by Gasteiger charge is 2.18. The first-order valence-corrected chi connectivity index (χ1v) is 5.87. The standard InChI is InChI=1S/C13H22O/c1-11(2)10-13(14)12-8-6-4-3-5-7-9-12/h12H,1,3-10H2,2H3. The SMILES string of the molecule is C=C(C)CC(=O)C1CCCCCCC1. The van der Waals surface area contributed by atoms with Crippen molar-refractivity contribution in [2.45, 2.75) is 58.3 Å². The summed E-state index contributed by atoms with van der Waals surface area (Å²) in [5, 5.41) is 0. The fourth-order valence-electron chi connectivity index (χ4n) is 2.22. The molecule has 0 N–H and O–H groups in total. The molecule has 80 valence electrons. The lowest BCUT2D eigenvalue weighted by atomic mass is 9.86. The van der Waals surface area contributed by atoms with Gasteiger partial charge in [-0.25, -0.2) is 0 Å². The average Bonchev–Trinajstić information content (AvgIpc) is 2.00. The van der Waals surface area contributed by atoms with E-state index in [2.05, 4.69) is 6.58 Å². The number of hydrogen-bond donors (Lipinski definition) is 0. The summed E-state index contributed by atoms with van der Waals surface area (Å²) >= 11 is 0. The van der Waals surface area contributed by atoms with Gasteiger partial charge in [0.25, 0.3) is 0 Å². The van der Waals surface area contributed by atoms with Crippen LogP contribution in [-0.4, -0.2) is 5.78 Å². The fourth-order valence-corrected chi connectivity index (χ4v) is 2.22. The Kier molecular flexibility index (Phi) is 4.92. The summed E-state index contributed by atoms with van der Waals surface area (Å²) in [6.07, 6.45) is 9.32. The lowest BCUT2D eigenvalue weighted by Crippen LogP contribution is -2.15. The van der Waals surface area contributed by atoms with Crippen molar-refractivity contribution in [3.05, 3.63) is 12.2 Å². The van der Waals surface area contributed by atoms with Gasteiger partial charge in [0.1, 0.15) is 5.78 Å². The third-order valence-electron chi connectivity index (χ3n) is 3.04. The maximum atomic E-state index is 11.8. The zero-order chi connectivity index (χ0) is 10.4. The van der Waals surface area contributed by atoms with Gasteiger partial charge in [-0.05, 0) is 19.8 Å². The molecule has 0 aliphatic heterocycles. The molecule has 0 atom stereocenters. The molecule has 1 fully saturated rings. The highest BCUT2D eigenvalue weighted by Crippen LogP contribution is 2.24. The Morgan fingerprint density at radius 3 is 2.14 bits per heavy atom. The summed E-state index contributed by atoms with van der Waals surface area (Å²) in [5.41, 5.74) is 1.01. The van der Waals surface area contributed by atoms with Crippen LogP contribution in [0, 0.1) is 5.92 Å². The van der Waals surface area contributed by atoms with E-state index in [1.807, 2.05) is 6.92 Å². The van der Waals surface area contributed by atoms with Crippen LogP contribution in [0.3, 0.4) is 0 Å². The van der Waals surface area contributed by atoms with Gasteiger partial charge >= 0.3 is 0 Å². The summed E-state index contributed by atoms with van der Waals surface area (Å²) in [5.74, 6) is 0.770. The number of carbonyl (C=O) groups excluding carboxylic acids is 1. The first kappa shape index (κ1) is 11.5. The van der Waals surface area contributed by atoms with Crippen molar-refractivity contribution in [1.82, 2.24) is 0 Å². The van der Waals surface area contributed by atoms with Crippen molar-refractivity contribution < 1.29 is 4.79 Å². The number of hydrogen-bond acceptors (Lipinski definition) is 1. The molecule has 0 aromatic carbocycles. The van der Waals surface area contributed by atoms with E-state index in [0.29, 0.717) is 18.1 Å². The van der Waals surface area contributed by atoms with E-state index >= 15 is 0 Å². The van der Waals surface area contributed by atoms with Crippen LogP contribution in [0.4, 0.5) is 0 Å². The van der Waals surface area contributed by atoms with Gasteiger partial charge in [0.05, 0.1) is 0 Å². The Balaban J connectivity index is 2.38. The molecule has 0 aromatic rings. The minimum absolute atomic E-state index is 0.340. The number of ketones is 1. The molecule has 1 aliphatic carbocycles. The molecule has 0 unspecified atom stereocenters. The number of rotatable bonds is 3. The van der Waals surface area contributed by atoms with E-state index in [9.17, 15) is 4.79 Å². The topological polar surface area (TPSA) is 17.1 Å². The van der Waals surface area contributed by atoms with Crippen molar-refractivity contribution in [2.75, 3.05) is 0 Å². The predicted molar refractivity (Wildman–Crippen MR) is 60.2 cm³/mol. The molecule has 0 aromatic heterocycles. The molecule has 0 amide bonds. The predicted octanol–water partition coefficient (Wildman–Crippen LogP) is 3.88. The zero-order valence-electron chi connectivity index (χ0n) is 9.35. The molecule has 0 heterocycles. The Bertz CT molecular complexity index is 197. The zero-order valence-corrected chi connectivity index (χ0v) is 9.35. The van der Waals surface area contributed by atoms with Crippen molar-refractivity contribution in [1.29, 1.82) is 0 Å². The molecule has 1 aliphatic rings. The lowest BCUT2D eigenvalue weighted by Gasteiger charge is -2.18. The third kappa shape index (κ3) is 4.08. The van der Waals surface area contributed by atoms with Crippen molar-refractivity contribution in [2.24, 2.45) is 5.92 Å². The van der Waals surface area contributed by atoms with E-state index in [4.69, 9.17) is 0 Å². The molecule has 14 heavy (non-hydrogen) atoms. The quantitative estimate of drug-likeness (QED) is 0.623. The Hall–Kier alpha value is -0.590. The van der Waals surface area contributed by atoms with E-state index < -0.39 is 0 Å². The van der Waals surface area contributed by atoms with E-state index in [1.54, 1.807) is 0 Å². The molecule has 0 bridgehead atoms. The largest absolute Gasteiger partial charge is 0.299 e. The van der Waals surface area contributed by atoms with Gasteiger partial charge < -0.3 is 0 Å². The van der Waals surface area contributed by atoms with Crippen LogP contribution in [0.2, 0.25) is 0 Å². The molecular formula is C13H22O. The van der Waals surface area contributed by atoms with Gasteiger partial charge in [-0.3, -0.25) is 4.79 Å². The second kappa shape index (κ2) is 6.00.